The molecule has 0 amide bonds. The zero-order chi connectivity index (χ0) is 11.3. The van der Waals surface area contributed by atoms with Crippen LogP contribution in [0.2, 0.25) is 0 Å². The van der Waals surface area contributed by atoms with E-state index in [4.69, 9.17) is 4.55 Å². The summed E-state index contributed by atoms with van der Waals surface area (Å²) in [6.45, 7) is 0.00442. The van der Waals surface area contributed by atoms with Gasteiger partial charge in [-0.25, -0.2) is 4.39 Å². The molecule has 1 aliphatic carbocycles. The van der Waals surface area contributed by atoms with Crippen LogP contribution in [0.25, 0.3) is 0 Å². The van der Waals surface area contributed by atoms with E-state index in [1.54, 1.807) is 0 Å². The summed E-state index contributed by atoms with van der Waals surface area (Å²) in [7, 11) is -4.19. The fourth-order valence-electron chi connectivity index (χ4n) is 1.89. The first kappa shape index (κ1) is 12.9. The predicted molar refractivity (Wildman–Crippen MR) is 56.2 cm³/mol. The molecule has 0 radical (unpaired) electrons. The van der Waals surface area contributed by atoms with Gasteiger partial charge in [0, 0.05) is 12.6 Å². The minimum Gasteiger partial charge on any atom is -0.311 e. The van der Waals surface area contributed by atoms with E-state index >= 15 is 0 Å². The van der Waals surface area contributed by atoms with Crippen molar-refractivity contribution in [3.05, 3.63) is 0 Å². The third-order valence-electron chi connectivity index (χ3n) is 2.62. The van der Waals surface area contributed by atoms with Gasteiger partial charge >= 0.3 is 0 Å². The van der Waals surface area contributed by atoms with Crippen LogP contribution in [-0.4, -0.2) is 37.5 Å². The summed E-state index contributed by atoms with van der Waals surface area (Å²) in [6.07, 6.45) is 4.04. The molecule has 1 saturated carbocycles. The van der Waals surface area contributed by atoms with Gasteiger partial charge in [0.15, 0.2) is 0 Å². The Hall–Kier alpha value is -0.200. The molecule has 0 aromatic carbocycles. The monoisotopic (exact) mass is 239 g/mol. The smallest absolute Gasteiger partial charge is 0.267 e. The molecule has 0 saturated heterocycles. The SMILES string of the molecule is O=S(=O)(O)CC(F)CNC1CCCCC1. The van der Waals surface area contributed by atoms with Crippen LogP contribution in [0, 0.1) is 0 Å². The van der Waals surface area contributed by atoms with Gasteiger partial charge in [-0.1, -0.05) is 19.3 Å². The van der Waals surface area contributed by atoms with Gasteiger partial charge in [0.05, 0.1) is 0 Å². The fraction of sp³-hybridized carbons (Fsp3) is 1.00. The average molecular weight is 239 g/mol. The molecule has 1 rings (SSSR count). The Labute approximate surface area is 90.0 Å². The second-order valence-electron chi connectivity index (χ2n) is 4.09. The number of nitrogens with one attached hydrogen (secondary N) is 1. The molecule has 1 fully saturated rings. The lowest BCUT2D eigenvalue weighted by Gasteiger charge is -2.23. The summed E-state index contributed by atoms with van der Waals surface area (Å²) in [5, 5.41) is 2.99. The molecular formula is C9H18FNO3S. The number of halogens is 1. The van der Waals surface area contributed by atoms with Crippen molar-refractivity contribution in [2.24, 2.45) is 0 Å². The second kappa shape index (κ2) is 5.77. The third-order valence-corrected chi connectivity index (χ3v) is 3.41. The van der Waals surface area contributed by atoms with Crippen LogP contribution in [0.5, 0.6) is 0 Å². The van der Waals surface area contributed by atoms with E-state index in [1.165, 1.54) is 6.42 Å². The number of hydrogen-bond acceptors (Lipinski definition) is 3. The molecule has 1 atom stereocenters. The van der Waals surface area contributed by atoms with Crippen LogP contribution in [0.3, 0.4) is 0 Å². The number of rotatable bonds is 5. The molecule has 6 heteroatoms. The van der Waals surface area contributed by atoms with Gasteiger partial charge in [0.25, 0.3) is 10.1 Å². The van der Waals surface area contributed by atoms with Crippen LogP contribution < -0.4 is 5.32 Å². The average Bonchev–Trinajstić information content (AvgIpc) is 2.14. The van der Waals surface area contributed by atoms with E-state index in [-0.39, 0.29) is 6.54 Å². The van der Waals surface area contributed by atoms with Gasteiger partial charge < -0.3 is 5.32 Å². The number of alkyl halides is 1. The maximum absolute atomic E-state index is 13.1. The van der Waals surface area contributed by atoms with Gasteiger partial charge in [-0.05, 0) is 12.8 Å². The normalized spacial score (nSPS) is 21.5. The van der Waals surface area contributed by atoms with E-state index in [1.807, 2.05) is 0 Å². The zero-order valence-corrected chi connectivity index (χ0v) is 9.47. The van der Waals surface area contributed by atoms with Crippen molar-refractivity contribution in [2.45, 2.75) is 44.3 Å². The lowest BCUT2D eigenvalue weighted by molar-refractivity contribution is 0.298. The highest BCUT2D eigenvalue weighted by Crippen LogP contribution is 2.17. The van der Waals surface area contributed by atoms with E-state index in [2.05, 4.69) is 5.32 Å². The Morgan fingerprint density at radius 3 is 2.47 bits per heavy atom. The maximum atomic E-state index is 13.1. The summed E-state index contributed by atoms with van der Waals surface area (Å²) >= 11 is 0. The van der Waals surface area contributed by atoms with Crippen LogP contribution in [0.1, 0.15) is 32.1 Å². The molecule has 0 aromatic heterocycles. The Balaban J connectivity index is 2.18. The minimum atomic E-state index is -4.19. The molecule has 0 bridgehead atoms. The first-order valence-corrected chi connectivity index (χ1v) is 6.91. The molecular weight excluding hydrogens is 221 g/mol. The first-order valence-electron chi connectivity index (χ1n) is 5.30. The molecule has 0 spiro atoms. The summed E-state index contributed by atoms with van der Waals surface area (Å²) < 4.78 is 42.2. The summed E-state index contributed by atoms with van der Waals surface area (Å²) in [4.78, 5) is 0. The van der Waals surface area contributed by atoms with Crippen LogP contribution in [0.15, 0.2) is 0 Å². The van der Waals surface area contributed by atoms with Crippen molar-refractivity contribution in [1.29, 1.82) is 0 Å². The molecule has 1 aliphatic rings. The van der Waals surface area contributed by atoms with E-state index in [9.17, 15) is 12.8 Å². The molecule has 1 unspecified atom stereocenters. The maximum Gasteiger partial charge on any atom is 0.267 e. The first-order chi connectivity index (χ1) is 6.97. The third kappa shape index (κ3) is 6.06. The summed E-state index contributed by atoms with van der Waals surface area (Å²) in [6, 6.07) is 0.304. The van der Waals surface area contributed by atoms with Gasteiger partial charge in [0.1, 0.15) is 11.9 Å². The number of hydrogen-bond donors (Lipinski definition) is 2. The second-order valence-corrected chi connectivity index (χ2v) is 5.59. The summed E-state index contributed by atoms with van der Waals surface area (Å²) in [5.41, 5.74) is 0. The van der Waals surface area contributed by atoms with Gasteiger partial charge in [-0.3, -0.25) is 4.55 Å². The van der Waals surface area contributed by atoms with E-state index in [0.29, 0.717) is 6.04 Å². The standard InChI is InChI=1S/C9H18FNO3S/c10-8(7-15(12,13)14)6-11-9-4-2-1-3-5-9/h8-9,11H,1-7H2,(H,12,13,14). The molecule has 2 N–H and O–H groups in total. The zero-order valence-electron chi connectivity index (χ0n) is 8.65. The highest BCUT2D eigenvalue weighted by Gasteiger charge is 2.18. The van der Waals surface area contributed by atoms with Crippen molar-refractivity contribution < 1.29 is 17.4 Å². The quantitative estimate of drug-likeness (QED) is 0.706. The Kier molecular flexibility index (Phi) is 4.95. The van der Waals surface area contributed by atoms with Crippen molar-refractivity contribution in [2.75, 3.05) is 12.3 Å². The molecule has 0 heterocycles. The fourth-order valence-corrected chi connectivity index (χ4v) is 2.46. The van der Waals surface area contributed by atoms with Crippen molar-refractivity contribution >= 4 is 10.1 Å². The minimum absolute atomic E-state index is 0.00442. The van der Waals surface area contributed by atoms with Crippen LogP contribution in [-0.2, 0) is 10.1 Å². The Morgan fingerprint density at radius 1 is 1.33 bits per heavy atom. The summed E-state index contributed by atoms with van der Waals surface area (Å²) in [5.74, 6) is -0.813. The van der Waals surface area contributed by atoms with Crippen LogP contribution >= 0.6 is 0 Å². The van der Waals surface area contributed by atoms with E-state index < -0.39 is 22.0 Å². The van der Waals surface area contributed by atoms with Gasteiger partial charge in [0.2, 0.25) is 0 Å². The van der Waals surface area contributed by atoms with Gasteiger partial charge in [-0.15, -0.1) is 0 Å². The molecule has 90 valence electrons. The predicted octanol–water partition coefficient (Wildman–Crippen LogP) is 1.13. The Bertz CT molecular complexity index is 275. The van der Waals surface area contributed by atoms with Crippen molar-refractivity contribution in [1.82, 2.24) is 5.32 Å². The lowest BCUT2D eigenvalue weighted by atomic mass is 9.95. The van der Waals surface area contributed by atoms with E-state index in [0.717, 1.165) is 25.7 Å². The van der Waals surface area contributed by atoms with Gasteiger partial charge in [-0.2, -0.15) is 8.42 Å². The highest BCUT2D eigenvalue weighted by atomic mass is 32.2. The lowest BCUT2D eigenvalue weighted by Crippen LogP contribution is -2.37. The molecule has 0 aliphatic heterocycles. The topological polar surface area (TPSA) is 66.4 Å². The van der Waals surface area contributed by atoms with Crippen molar-refractivity contribution in [3.63, 3.8) is 0 Å². The molecule has 0 aromatic rings. The Morgan fingerprint density at radius 2 is 1.93 bits per heavy atom. The molecule has 15 heavy (non-hydrogen) atoms. The largest absolute Gasteiger partial charge is 0.311 e. The van der Waals surface area contributed by atoms with Crippen molar-refractivity contribution in [3.8, 4) is 0 Å². The molecule has 4 nitrogen and oxygen atoms in total. The highest BCUT2D eigenvalue weighted by molar-refractivity contribution is 7.85. The van der Waals surface area contributed by atoms with Crippen LogP contribution in [0.4, 0.5) is 4.39 Å².